The number of aromatic nitrogens is 2. The van der Waals surface area contributed by atoms with E-state index in [1.807, 2.05) is 0 Å². The summed E-state index contributed by atoms with van der Waals surface area (Å²) in [7, 11) is 1.20. The molecule has 1 aromatic carbocycles. The van der Waals surface area contributed by atoms with Gasteiger partial charge in [0.2, 0.25) is 0 Å². The summed E-state index contributed by atoms with van der Waals surface area (Å²) in [4.78, 5) is 11.6. The van der Waals surface area contributed by atoms with Crippen molar-refractivity contribution in [2.75, 3.05) is 19.5 Å². The predicted molar refractivity (Wildman–Crippen MR) is 69.0 cm³/mol. The number of nitrogens with two attached hydrogens (primary N) is 1. The zero-order valence-corrected chi connectivity index (χ0v) is 10.8. The van der Waals surface area contributed by atoms with Crippen molar-refractivity contribution in [3.63, 3.8) is 0 Å². The van der Waals surface area contributed by atoms with E-state index in [1.165, 1.54) is 36.1 Å². The number of nitrogens with zero attached hydrogens (tertiary/aromatic N) is 2. The number of hydrogen-bond acceptors (Lipinski definition) is 4. The highest BCUT2D eigenvalue weighted by Crippen LogP contribution is 2.22. The number of methoxy groups -OCH3 is 1. The first-order chi connectivity index (χ1) is 9.58. The predicted octanol–water partition coefficient (Wildman–Crippen LogP) is 1.89. The number of halogens is 2. The molecule has 2 rings (SSSR count). The van der Waals surface area contributed by atoms with Crippen LogP contribution in [0.15, 0.2) is 24.3 Å². The third-order valence-corrected chi connectivity index (χ3v) is 2.82. The lowest BCUT2D eigenvalue weighted by molar-refractivity contribution is 0.0592. The lowest BCUT2D eigenvalue weighted by Gasteiger charge is -2.04. The zero-order chi connectivity index (χ0) is 14.7. The minimum absolute atomic E-state index is 0.0352. The summed E-state index contributed by atoms with van der Waals surface area (Å²) in [6.07, 6.45) is -0.0442. The van der Waals surface area contributed by atoms with E-state index in [-0.39, 0.29) is 23.5 Å². The molecule has 0 aliphatic carbocycles. The molecule has 0 radical (unpaired) electrons. The zero-order valence-electron chi connectivity index (χ0n) is 10.8. The smallest absolute Gasteiger partial charge is 0.358 e. The van der Waals surface area contributed by atoms with E-state index < -0.39 is 18.5 Å². The number of ether oxygens (including phenoxy) is 1. The van der Waals surface area contributed by atoms with Crippen LogP contribution in [0.2, 0.25) is 0 Å². The summed E-state index contributed by atoms with van der Waals surface area (Å²) in [5, 5.41) is 4.03. The third-order valence-electron chi connectivity index (χ3n) is 2.82. The normalized spacial score (nSPS) is 10.6. The van der Waals surface area contributed by atoms with E-state index in [1.54, 1.807) is 0 Å². The van der Waals surface area contributed by atoms with Crippen LogP contribution in [0.1, 0.15) is 16.1 Å². The van der Waals surface area contributed by atoms with Gasteiger partial charge in [-0.05, 0) is 24.3 Å². The molecule has 20 heavy (non-hydrogen) atoms. The van der Waals surface area contributed by atoms with Gasteiger partial charge in [0, 0.05) is 12.0 Å². The SMILES string of the molecule is COC(=O)c1nn(-c2ccc(F)cc2)c(N)c1CCF. The average Bonchev–Trinajstić information content (AvgIpc) is 2.77. The Morgan fingerprint density at radius 2 is 2.05 bits per heavy atom. The van der Waals surface area contributed by atoms with Gasteiger partial charge in [0.1, 0.15) is 11.6 Å². The van der Waals surface area contributed by atoms with Crippen molar-refractivity contribution in [3.8, 4) is 5.69 Å². The first-order valence-electron chi connectivity index (χ1n) is 5.86. The first-order valence-corrected chi connectivity index (χ1v) is 5.86. The van der Waals surface area contributed by atoms with E-state index >= 15 is 0 Å². The minimum Gasteiger partial charge on any atom is -0.464 e. The van der Waals surface area contributed by atoms with Crippen LogP contribution in [0.5, 0.6) is 0 Å². The average molecular weight is 281 g/mol. The molecular formula is C13H13F2N3O2. The van der Waals surface area contributed by atoms with Crippen LogP contribution < -0.4 is 5.73 Å². The molecule has 0 saturated heterocycles. The van der Waals surface area contributed by atoms with Crippen molar-refractivity contribution in [2.24, 2.45) is 0 Å². The molecule has 0 aliphatic heterocycles. The summed E-state index contributed by atoms with van der Waals surface area (Å²) in [6.45, 7) is -0.677. The molecule has 0 bridgehead atoms. The number of esters is 1. The fourth-order valence-electron chi connectivity index (χ4n) is 1.84. The second-order valence-electron chi connectivity index (χ2n) is 4.03. The maximum absolute atomic E-state index is 12.9. The number of hydrogen-bond donors (Lipinski definition) is 1. The molecule has 1 aromatic heterocycles. The Hall–Kier alpha value is -2.44. The quantitative estimate of drug-likeness (QED) is 0.869. The highest BCUT2D eigenvalue weighted by Gasteiger charge is 2.22. The third kappa shape index (κ3) is 2.47. The van der Waals surface area contributed by atoms with E-state index in [4.69, 9.17) is 5.73 Å². The Kier molecular flexibility index (Phi) is 3.97. The molecule has 5 nitrogen and oxygen atoms in total. The van der Waals surface area contributed by atoms with Crippen LogP contribution in [-0.2, 0) is 11.2 Å². The fourth-order valence-corrected chi connectivity index (χ4v) is 1.84. The molecule has 1 heterocycles. The molecule has 0 fully saturated rings. The van der Waals surface area contributed by atoms with Crippen molar-refractivity contribution in [1.29, 1.82) is 0 Å². The lowest BCUT2D eigenvalue weighted by Crippen LogP contribution is -2.06. The molecule has 2 aromatic rings. The van der Waals surface area contributed by atoms with Crippen LogP contribution in [0.4, 0.5) is 14.6 Å². The number of nitrogen functional groups attached to an aromatic ring is 1. The van der Waals surface area contributed by atoms with Gasteiger partial charge in [0.25, 0.3) is 0 Å². The molecule has 0 atom stereocenters. The maximum atomic E-state index is 12.9. The molecule has 7 heteroatoms. The monoisotopic (exact) mass is 281 g/mol. The molecule has 0 spiro atoms. The van der Waals surface area contributed by atoms with E-state index in [2.05, 4.69) is 9.84 Å². The standard InChI is InChI=1S/C13H13F2N3O2/c1-20-13(19)11-10(6-7-14)12(16)18(17-11)9-4-2-8(15)3-5-9/h2-5H,6-7,16H2,1H3. The maximum Gasteiger partial charge on any atom is 0.358 e. The summed E-state index contributed by atoms with van der Waals surface area (Å²) in [5.41, 5.74) is 6.60. The van der Waals surface area contributed by atoms with Crippen molar-refractivity contribution < 1.29 is 18.3 Å². The summed E-state index contributed by atoms with van der Waals surface area (Å²) >= 11 is 0. The largest absolute Gasteiger partial charge is 0.464 e. The van der Waals surface area contributed by atoms with Crippen LogP contribution in [0, 0.1) is 5.82 Å². The molecular weight excluding hydrogens is 268 g/mol. The summed E-state index contributed by atoms with van der Waals surface area (Å²) in [5.74, 6) is -0.965. The highest BCUT2D eigenvalue weighted by atomic mass is 19.1. The van der Waals surface area contributed by atoms with E-state index in [9.17, 15) is 13.6 Å². The Morgan fingerprint density at radius 3 is 2.60 bits per heavy atom. The van der Waals surface area contributed by atoms with Crippen LogP contribution in [0.25, 0.3) is 5.69 Å². The van der Waals surface area contributed by atoms with Crippen molar-refractivity contribution in [2.45, 2.75) is 6.42 Å². The Balaban J connectivity index is 2.54. The van der Waals surface area contributed by atoms with Crippen LogP contribution >= 0.6 is 0 Å². The highest BCUT2D eigenvalue weighted by molar-refractivity contribution is 5.90. The Bertz CT molecular complexity index is 623. The topological polar surface area (TPSA) is 70.1 Å². The van der Waals surface area contributed by atoms with Crippen molar-refractivity contribution in [3.05, 3.63) is 41.3 Å². The van der Waals surface area contributed by atoms with Crippen molar-refractivity contribution in [1.82, 2.24) is 9.78 Å². The first kappa shape index (κ1) is 14.0. The molecule has 0 saturated carbocycles. The minimum atomic E-state index is -0.694. The van der Waals surface area contributed by atoms with Crippen molar-refractivity contribution >= 4 is 11.8 Å². The van der Waals surface area contributed by atoms with Crippen LogP contribution in [0.3, 0.4) is 0 Å². The van der Waals surface area contributed by atoms with E-state index in [0.717, 1.165) is 0 Å². The van der Waals surface area contributed by atoms with Gasteiger partial charge >= 0.3 is 5.97 Å². The number of anilines is 1. The van der Waals surface area contributed by atoms with Gasteiger partial charge in [-0.2, -0.15) is 5.10 Å². The number of benzene rings is 1. The van der Waals surface area contributed by atoms with Gasteiger partial charge in [-0.1, -0.05) is 0 Å². The van der Waals surface area contributed by atoms with E-state index in [0.29, 0.717) is 5.69 Å². The number of alkyl halides is 1. The number of carbonyl (C=O) groups is 1. The molecule has 2 N–H and O–H groups in total. The van der Waals surface area contributed by atoms with Crippen LogP contribution in [-0.4, -0.2) is 29.5 Å². The Labute approximate surface area is 114 Å². The van der Waals surface area contributed by atoms with Gasteiger partial charge in [-0.3, -0.25) is 4.39 Å². The summed E-state index contributed by atoms with van der Waals surface area (Å²) in [6, 6.07) is 5.39. The molecule has 0 aliphatic rings. The number of carbonyl (C=O) groups excluding carboxylic acids is 1. The second kappa shape index (κ2) is 5.68. The lowest BCUT2D eigenvalue weighted by atomic mass is 10.2. The molecule has 106 valence electrons. The second-order valence-corrected chi connectivity index (χ2v) is 4.03. The Morgan fingerprint density at radius 1 is 1.40 bits per heavy atom. The molecule has 0 amide bonds. The summed E-state index contributed by atoms with van der Waals surface area (Å²) < 4.78 is 31.3. The molecule has 0 unspecified atom stereocenters. The number of rotatable bonds is 4. The van der Waals surface area contributed by atoms with Gasteiger partial charge in [0.05, 0.1) is 19.5 Å². The van der Waals surface area contributed by atoms with Gasteiger partial charge in [0.15, 0.2) is 5.69 Å². The van der Waals surface area contributed by atoms with Gasteiger partial charge in [-0.25, -0.2) is 13.9 Å². The van der Waals surface area contributed by atoms with Gasteiger partial charge < -0.3 is 10.5 Å². The fraction of sp³-hybridized carbons (Fsp3) is 0.231. The van der Waals surface area contributed by atoms with Gasteiger partial charge in [-0.15, -0.1) is 0 Å².